The first kappa shape index (κ1) is 19.8. The van der Waals surface area contributed by atoms with E-state index in [-0.39, 0.29) is 5.91 Å². The number of amides is 1. The molecular formula is C18H23ClN4O3. The molecule has 0 aliphatic rings. The zero-order valence-electron chi connectivity index (χ0n) is 15.6. The third kappa shape index (κ3) is 4.35. The molecule has 0 aliphatic carbocycles. The normalized spacial score (nSPS) is 10.4. The number of rotatable bonds is 7. The highest BCUT2D eigenvalue weighted by molar-refractivity contribution is 6.32. The monoisotopic (exact) mass is 378 g/mol. The standard InChI is InChI=1S/C18H23ClN4O3/c1-6-23(7-2)17(24)14-8-11(3)20-18(22-14)21-13-10-15(25-4)12(19)9-16(13)26-5/h8-10H,6-7H2,1-5H3,(H,20,21,22). The smallest absolute Gasteiger partial charge is 0.272 e. The topological polar surface area (TPSA) is 76.6 Å². The van der Waals surface area contributed by atoms with Crippen LogP contribution < -0.4 is 14.8 Å². The van der Waals surface area contributed by atoms with Crippen molar-refractivity contribution < 1.29 is 14.3 Å². The number of aromatic nitrogens is 2. The van der Waals surface area contributed by atoms with E-state index in [9.17, 15) is 4.79 Å². The maximum absolute atomic E-state index is 12.6. The van der Waals surface area contributed by atoms with Crippen molar-refractivity contribution >= 4 is 29.1 Å². The van der Waals surface area contributed by atoms with Crippen LogP contribution in [0.1, 0.15) is 30.0 Å². The molecule has 8 heteroatoms. The Kier molecular flexibility index (Phi) is 6.63. The Bertz CT molecular complexity index is 794. The van der Waals surface area contributed by atoms with Gasteiger partial charge in [-0.25, -0.2) is 9.97 Å². The van der Waals surface area contributed by atoms with Gasteiger partial charge in [0.15, 0.2) is 0 Å². The number of hydrogen-bond donors (Lipinski definition) is 1. The van der Waals surface area contributed by atoms with Crippen molar-refractivity contribution in [3.05, 3.63) is 34.6 Å². The van der Waals surface area contributed by atoms with Gasteiger partial charge in [0.05, 0.1) is 24.9 Å². The molecule has 1 aromatic carbocycles. The number of carbonyl (C=O) groups is 1. The minimum Gasteiger partial charge on any atom is -0.495 e. The molecule has 1 N–H and O–H groups in total. The van der Waals surface area contributed by atoms with E-state index in [4.69, 9.17) is 21.1 Å². The second-order valence-electron chi connectivity index (χ2n) is 5.51. The highest BCUT2D eigenvalue weighted by Gasteiger charge is 2.17. The second-order valence-corrected chi connectivity index (χ2v) is 5.91. The van der Waals surface area contributed by atoms with Crippen LogP contribution in [0.5, 0.6) is 11.5 Å². The van der Waals surface area contributed by atoms with E-state index >= 15 is 0 Å². The van der Waals surface area contributed by atoms with Crippen LogP contribution in [-0.2, 0) is 0 Å². The number of carbonyl (C=O) groups excluding carboxylic acids is 1. The molecule has 1 aromatic heterocycles. The lowest BCUT2D eigenvalue weighted by Gasteiger charge is -2.19. The fourth-order valence-electron chi connectivity index (χ4n) is 2.49. The minimum absolute atomic E-state index is 0.135. The van der Waals surface area contributed by atoms with Crippen molar-refractivity contribution in [3.63, 3.8) is 0 Å². The molecule has 0 saturated carbocycles. The highest BCUT2D eigenvalue weighted by Crippen LogP contribution is 2.36. The molecule has 0 fully saturated rings. The first-order chi connectivity index (χ1) is 12.4. The van der Waals surface area contributed by atoms with Gasteiger partial charge in [-0.15, -0.1) is 0 Å². The molecule has 26 heavy (non-hydrogen) atoms. The average molecular weight is 379 g/mol. The Hall–Kier alpha value is -2.54. The Balaban J connectivity index is 2.40. The number of benzene rings is 1. The van der Waals surface area contributed by atoms with E-state index in [1.807, 2.05) is 20.8 Å². The van der Waals surface area contributed by atoms with Crippen molar-refractivity contribution in [2.24, 2.45) is 0 Å². The van der Waals surface area contributed by atoms with Gasteiger partial charge in [-0.3, -0.25) is 4.79 Å². The van der Waals surface area contributed by atoms with Crippen LogP contribution in [0.15, 0.2) is 18.2 Å². The van der Waals surface area contributed by atoms with Crippen LogP contribution in [-0.4, -0.2) is 48.1 Å². The summed E-state index contributed by atoms with van der Waals surface area (Å²) in [6.45, 7) is 6.90. The average Bonchev–Trinajstić information content (AvgIpc) is 2.63. The SMILES string of the molecule is CCN(CC)C(=O)c1cc(C)nc(Nc2cc(OC)c(Cl)cc2OC)n1. The van der Waals surface area contributed by atoms with Gasteiger partial charge in [-0.1, -0.05) is 11.6 Å². The Morgan fingerprint density at radius 3 is 2.35 bits per heavy atom. The van der Waals surface area contributed by atoms with Gasteiger partial charge >= 0.3 is 0 Å². The summed E-state index contributed by atoms with van der Waals surface area (Å²) in [7, 11) is 3.07. The zero-order chi connectivity index (χ0) is 19.3. The van der Waals surface area contributed by atoms with Gasteiger partial charge in [-0.2, -0.15) is 0 Å². The van der Waals surface area contributed by atoms with Crippen molar-refractivity contribution in [1.82, 2.24) is 14.9 Å². The predicted octanol–water partition coefficient (Wildman–Crippen LogP) is 3.68. The van der Waals surface area contributed by atoms with Gasteiger partial charge in [0.1, 0.15) is 17.2 Å². The number of ether oxygens (including phenoxy) is 2. The van der Waals surface area contributed by atoms with Gasteiger partial charge in [0, 0.05) is 30.9 Å². The number of hydrogen-bond acceptors (Lipinski definition) is 6. The Morgan fingerprint density at radius 1 is 1.12 bits per heavy atom. The minimum atomic E-state index is -0.135. The van der Waals surface area contributed by atoms with E-state index < -0.39 is 0 Å². The quantitative estimate of drug-likeness (QED) is 0.791. The molecule has 2 rings (SSSR count). The Morgan fingerprint density at radius 2 is 1.77 bits per heavy atom. The van der Waals surface area contributed by atoms with Gasteiger partial charge in [-0.05, 0) is 26.8 Å². The van der Waals surface area contributed by atoms with Gasteiger partial charge < -0.3 is 19.7 Å². The van der Waals surface area contributed by atoms with Crippen LogP contribution in [0.4, 0.5) is 11.6 Å². The summed E-state index contributed by atoms with van der Waals surface area (Å²) < 4.78 is 10.6. The van der Waals surface area contributed by atoms with Crippen LogP contribution in [0.25, 0.3) is 0 Å². The van der Waals surface area contributed by atoms with E-state index in [1.165, 1.54) is 14.2 Å². The third-order valence-corrected chi connectivity index (χ3v) is 4.14. The number of nitrogens with one attached hydrogen (secondary N) is 1. The summed E-state index contributed by atoms with van der Waals surface area (Å²) in [5.74, 6) is 1.16. The van der Waals surface area contributed by atoms with Crippen LogP contribution in [0.2, 0.25) is 5.02 Å². The molecule has 0 spiro atoms. The summed E-state index contributed by atoms with van der Waals surface area (Å²) in [5.41, 5.74) is 1.60. The van der Waals surface area contributed by atoms with Gasteiger partial charge in [0.2, 0.25) is 5.95 Å². The number of methoxy groups -OCH3 is 2. The van der Waals surface area contributed by atoms with Crippen LogP contribution in [0, 0.1) is 6.92 Å². The molecule has 0 atom stereocenters. The van der Waals surface area contributed by atoms with E-state index in [2.05, 4.69) is 15.3 Å². The summed E-state index contributed by atoms with van der Waals surface area (Å²) >= 11 is 6.13. The second kappa shape index (κ2) is 8.71. The Labute approximate surface area is 158 Å². The molecule has 7 nitrogen and oxygen atoms in total. The molecule has 0 bridgehead atoms. The highest BCUT2D eigenvalue weighted by atomic mass is 35.5. The molecule has 140 valence electrons. The van der Waals surface area contributed by atoms with Crippen molar-refractivity contribution in [2.75, 3.05) is 32.6 Å². The first-order valence-electron chi connectivity index (χ1n) is 8.26. The fraction of sp³-hybridized carbons (Fsp3) is 0.389. The molecule has 2 aromatic rings. The molecular weight excluding hydrogens is 356 g/mol. The van der Waals surface area contributed by atoms with E-state index in [0.29, 0.717) is 52.6 Å². The lowest BCUT2D eigenvalue weighted by molar-refractivity contribution is 0.0767. The molecule has 0 radical (unpaired) electrons. The number of halogens is 1. The van der Waals surface area contributed by atoms with Gasteiger partial charge in [0.25, 0.3) is 5.91 Å². The number of anilines is 2. The summed E-state index contributed by atoms with van der Waals surface area (Å²) in [6.07, 6.45) is 0. The maximum atomic E-state index is 12.6. The zero-order valence-corrected chi connectivity index (χ0v) is 16.3. The predicted molar refractivity (Wildman–Crippen MR) is 102 cm³/mol. The molecule has 1 heterocycles. The first-order valence-corrected chi connectivity index (χ1v) is 8.64. The molecule has 0 unspecified atom stereocenters. The number of aryl methyl sites for hydroxylation is 1. The molecule has 0 saturated heterocycles. The lowest BCUT2D eigenvalue weighted by atomic mass is 10.2. The largest absolute Gasteiger partial charge is 0.495 e. The molecule has 0 aliphatic heterocycles. The van der Waals surface area contributed by atoms with Crippen molar-refractivity contribution in [3.8, 4) is 11.5 Å². The van der Waals surface area contributed by atoms with Crippen LogP contribution >= 0.6 is 11.6 Å². The third-order valence-electron chi connectivity index (χ3n) is 3.84. The van der Waals surface area contributed by atoms with E-state index in [0.717, 1.165) is 0 Å². The lowest BCUT2D eigenvalue weighted by Crippen LogP contribution is -2.31. The van der Waals surface area contributed by atoms with Crippen molar-refractivity contribution in [1.29, 1.82) is 0 Å². The summed E-state index contributed by atoms with van der Waals surface area (Å²) in [4.78, 5) is 23.0. The molecule has 1 amide bonds. The maximum Gasteiger partial charge on any atom is 0.272 e. The van der Waals surface area contributed by atoms with Crippen molar-refractivity contribution in [2.45, 2.75) is 20.8 Å². The summed E-state index contributed by atoms with van der Waals surface area (Å²) in [5, 5.41) is 3.51. The number of nitrogens with zero attached hydrogens (tertiary/aromatic N) is 3. The van der Waals surface area contributed by atoms with Crippen LogP contribution in [0.3, 0.4) is 0 Å². The summed E-state index contributed by atoms with van der Waals surface area (Å²) in [6, 6.07) is 5.00. The van der Waals surface area contributed by atoms with E-state index in [1.54, 1.807) is 23.1 Å². The fourth-order valence-corrected chi connectivity index (χ4v) is 2.72.